The molecule has 1 N–H and O–H groups in total. The first-order valence-electron chi connectivity index (χ1n) is 6.48. The first-order valence-corrected chi connectivity index (χ1v) is 6.48. The number of aliphatic hydroxyl groups is 1. The summed E-state index contributed by atoms with van der Waals surface area (Å²) in [5.41, 5.74) is 0. The van der Waals surface area contributed by atoms with Crippen molar-refractivity contribution in [2.24, 2.45) is 0 Å². The van der Waals surface area contributed by atoms with Gasteiger partial charge in [-0.25, -0.2) is 0 Å². The minimum atomic E-state index is -0.146. The summed E-state index contributed by atoms with van der Waals surface area (Å²) in [7, 11) is 1.66. The van der Waals surface area contributed by atoms with E-state index in [1.54, 1.807) is 7.11 Å². The molecule has 5 heteroatoms. The molecule has 0 heterocycles. The maximum atomic E-state index is 8.81. The highest BCUT2D eigenvalue weighted by Crippen LogP contribution is 2.01. The molecule has 0 aromatic carbocycles. The second-order valence-corrected chi connectivity index (χ2v) is 4.66. The van der Waals surface area contributed by atoms with Crippen LogP contribution < -0.4 is 0 Å². The third-order valence-electron chi connectivity index (χ3n) is 2.51. The normalized spacial score (nSPS) is 18.3. The molecule has 0 aliphatic rings. The predicted molar refractivity (Wildman–Crippen MR) is 69.8 cm³/mol. The molecule has 0 aromatic rings. The zero-order valence-electron chi connectivity index (χ0n) is 12.2. The Bertz CT molecular complexity index is 168. The molecule has 0 radical (unpaired) electrons. The molecule has 0 saturated heterocycles. The summed E-state index contributed by atoms with van der Waals surface area (Å²) in [5, 5.41) is 8.81. The van der Waals surface area contributed by atoms with Gasteiger partial charge in [0.25, 0.3) is 0 Å². The van der Waals surface area contributed by atoms with E-state index in [2.05, 4.69) is 0 Å². The molecule has 4 unspecified atom stereocenters. The number of methoxy groups -OCH3 is 1. The van der Waals surface area contributed by atoms with Crippen LogP contribution in [-0.2, 0) is 18.9 Å². The fourth-order valence-electron chi connectivity index (χ4n) is 1.12. The summed E-state index contributed by atoms with van der Waals surface area (Å²) in [6.07, 6.45) is -0.0314. The van der Waals surface area contributed by atoms with Crippen molar-refractivity contribution in [2.75, 3.05) is 33.5 Å². The molecular formula is C13H28O5. The number of ether oxygens (including phenoxy) is 4. The summed E-state index contributed by atoms with van der Waals surface area (Å²) < 4.78 is 21.6. The highest BCUT2D eigenvalue weighted by molar-refractivity contribution is 4.55. The van der Waals surface area contributed by atoms with E-state index < -0.39 is 0 Å². The minimum absolute atomic E-state index is 0.00935. The maximum Gasteiger partial charge on any atom is 0.0781 e. The van der Waals surface area contributed by atoms with Crippen molar-refractivity contribution in [2.45, 2.75) is 52.1 Å². The highest BCUT2D eigenvalue weighted by Gasteiger charge is 2.10. The first-order chi connectivity index (χ1) is 8.49. The van der Waals surface area contributed by atoms with Crippen molar-refractivity contribution in [1.29, 1.82) is 0 Å². The van der Waals surface area contributed by atoms with Gasteiger partial charge >= 0.3 is 0 Å². The molecule has 4 atom stereocenters. The summed E-state index contributed by atoms with van der Waals surface area (Å²) in [6.45, 7) is 9.28. The van der Waals surface area contributed by atoms with Crippen LogP contribution in [0.25, 0.3) is 0 Å². The Morgan fingerprint density at radius 3 is 1.50 bits per heavy atom. The summed E-state index contributed by atoms with van der Waals surface area (Å²) in [6, 6.07) is 0. The standard InChI is InChI=1S/C13H28O5/c1-10(6-14)16-8-12(3)18-9-13(4)17-7-11(2)15-5/h10-14H,6-9H2,1-5H3. The van der Waals surface area contributed by atoms with Gasteiger partial charge in [-0.15, -0.1) is 0 Å². The lowest BCUT2D eigenvalue weighted by Crippen LogP contribution is -2.27. The summed E-state index contributed by atoms with van der Waals surface area (Å²) in [4.78, 5) is 0. The van der Waals surface area contributed by atoms with Gasteiger partial charge in [0.1, 0.15) is 0 Å². The lowest BCUT2D eigenvalue weighted by molar-refractivity contribution is -0.0854. The van der Waals surface area contributed by atoms with E-state index in [-0.39, 0.29) is 31.0 Å². The van der Waals surface area contributed by atoms with E-state index in [9.17, 15) is 0 Å². The van der Waals surface area contributed by atoms with E-state index in [1.165, 1.54) is 0 Å². The van der Waals surface area contributed by atoms with Gasteiger partial charge in [0.15, 0.2) is 0 Å². The molecule has 0 spiro atoms. The van der Waals surface area contributed by atoms with Crippen LogP contribution in [0.4, 0.5) is 0 Å². The van der Waals surface area contributed by atoms with Crippen LogP contribution in [0.15, 0.2) is 0 Å². The van der Waals surface area contributed by atoms with Crippen molar-refractivity contribution < 1.29 is 24.1 Å². The summed E-state index contributed by atoms with van der Waals surface area (Å²) >= 11 is 0. The van der Waals surface area contributed by atoms with Crippen LogP contribution in [0.5, 0.6) is 0 Å². The van der Waals surface area contributed by atoms with Gasteiger partial charge in [-0.05, 0) is 27.7 Å². The third-order valence-corrected chi connectivity index (χ3v) is 2.51. The molecule has 0 fully saturated rings. The zero-order chi connectivity index (χ0) is 14.0. The van der Waals surface area contributed by atoms with Gasteiger partial charge in [-0.2, -0.15) is 0 Å². The molecule has 0 bridgehead atoms. The molecule has 0 aliphatic heterocycles. The SMILES string of the molecule is COC(C)COC(C)COC(C)COC(C)CO. The van der Waals surface area contributed by atoms with Crippen LogP contribution in [-0.4, -0.2) is 63.1 Å². The molecule has 5 nitrogen and oxygen atoms in total. The van der Waals surface area contributed by atoms with Crippen LogP contribution >= 0.6 is 0 Å². The van der Waals surface area contributed by atoms with E-state index in [0.717, 1.165) is 0 Å². The summed E-state index contributed by atoms with van der Waals surface area (Å²) in [5.74, 6) is 0. The molecular weight excluding hydrogens is 236 g/mol. The second kappa shape index (κ2) is 10.7. The van der Waals surface area contributed by atoms with Gasteiger partial charge in [0, 0.05) is 7.11 Å². The van der Waals surface area contributed by atoms with E-state index in [4.69, 9.17) is 24.1 Å². The van der Waals surface area contributed by atoms with Crippen molar-refractivity contribution in [3.63, 3.8) is 0 Å². The van der Waals surface area contributed by atoms with Crippen LogP contribution in [0.2, 0.25) is 0 Å². The van der Waals surface area contributed by atoms with Crippen molar-refractivity contribution in [3.8, 4) is 0 Å². The minimum Gasteiger partial charge on any atom is -0.394 e. The van der Waals surface area contributed by atoms with Crippen molar-refractivity contribution >= 4 is 0 Å². The fourth-order valence-corrected chi connectivity index (χ4v) is 1.12. The number of rotatable bonds is 11. The molecule has 0 rings (SSSR count). The van der Waals surface area contributed by atoms with E-state index in [1.807, 2.05) is 27.7 Å². The third kappa shape index (κ3) is 9.79. The Kier molecular flexibility index (Phi) is 10.6. The first kappa shape index (κ1) is 17.8. The number of hydrogen-bond donors (Lipinski definition) is 1. The Morgan fingerprint density at radius 2 is 1.11 bits per heavy atom. The number of hydrogen-bond acceptors (Lipinski definition) is 5. The lowest BCUT2D eigenvalue weighted by Gasteiger charge is -2.20. The molecule has 18 heavy (non-hydrogen) atoms. The van der Waals surface area contributed by atoms with E-state index in [0.29, 0.717) is 19.8 Å². The van der Waals surface area contributed by atoms with Crippen LogP contribution in [0.3, 0.4) is 0 Å². The fraction of sp³-hybridized carbons (Fsp3) is 1.00. The predicted octanol–water partition coefficient (Wildman–Crippen LogP) is 1.23. The smallest absolute Gasteiger partial charge is 0.0781 e. The van der Waals surface area contributed by atoms with Crippen molar-refractivity contribution in [3.05, 3.63) is 0 Å². The van der Waals surface area contributed by atoms with E-state index >= 15 is 0 Å². The average molecular weight is 264 g/mol. The molecule has 0 saturated carbocycles. The quantitative estimate of drug-likeness (QED) is 0.608. The Balaban J connectivity index is 3.55. The van der Waals surface area contributed by atoms with Crippen LogP contribution in [0.1, 0.15) is 27.7 Å². The average Bonchev–Trinajstić information content (AvgIpc) is 2.39. The highest BCUT2D eigenvalue weighted by atomic mass is 16.6. The zero-order valence-corrected chi connectivity index (χ0v) is 12.2. The van der Waals surface area contributed by atoms with Gasteiger partial charge in [0.05, 0.1) is 50.8 Å². The van der Waals surface area contributed by atoms with Gasteiger partial charge < -0.3 is 24.1 Å². The Hall–Kier alpha value is -0.200. The Labute approximate surface area is 110 Å². The second-order valence-electron chi connectivity index (χ2n) is 4.66. The van der Waals surface area contributed by atoms with Crippen LogP contribution in [0, 0.1) is 0 Å². The molecule has 110 valence electrons. The Morgan fingerprint density at radius 1 is 0.722 bits per heavy atom. The van der Waals surface area contributed by atoms with Gasteiger partial charge in [0.2, 0.25) is 0 Å². The van der Waals surface area contributed by atoms with Crippen molar-refractivity contribution in [1.82, 2.24) is 0 Å². The molecule has 0 aliphatic carbocycles. The number of aliphatic hydroxyl groups excluding tert-OH is 1. The largest absolute Gasteiger partial charge is 0.394 e. The monoisotopic (exact) mass is 264 g/mol. The molecule has 0 aromatic heterocycles. The topological polar surface area (TPSA) is 57.2 Å². The lowest BCUT2D eigenvalue weighted by atomic mass is 10.3. The van der Waals surface area contributed by atoms with Gasteiger partial charge in [-0.1, -0.05) is 0 Å². The maximum absolute atomic E-state index is 8.81. The van der Waals surface area contributed by atoms with Gasteiger partial charge in [-0.3, -0.25) is 0 Å². The molecule has 0 amide bonds.